The van der Waals surface area contributed by atoms with E-state index in [4.69, 9.17) is 0 Å². The molecule has 1 aliphatic heterocycles. The summed E-state index contributed by atoms with van der Waals surface area (Å²) in [5, 5.41) is 0.179. The minimum absolute atomic E-state index is 0.179. The van der Waals surface area contributed by atoms with Crippen LogP contribution in [-0.2, 0) is 11.2 Å². The molecule has 1 heterocycles. The maximum atomic E-state index is 11.3. The molecule has 74 valence electrons. The number of fused-ring (bicyclic) bond motifs is 1. The fraction of sp³-hybridized carbons (Fsp3) is 0.417. The average molecular weight is 206 g/mol. The van der Waals surface area contributed by atoms with Crippen LogP contribution >= 0.6 is 11.8 Å². The number of Topliss-reactive ketones (excluding diaryl/α,β-unsaturated/α-hetero) is 1. The first-order valence-electron chi connectivity index (χ1n) is 5.02. The molecule has 2 rings (SSSR count). The molecule has 0 saturated heterocycles. The average Bonchev–Trinajstić information content (AvgIpc) is 2.39. The second kappa shape index (κ2) is 4.18. The maximum absolute atomic E-state index is 11.3. The molecule has 14 heavy (non-hydrogen) atoms. The highest BCUT2D eigenvalue weighted by Gasteiger charge is 2.20. The summed E-state index contributed by atoms with van der Waals surface area (Å²) in [5.74, 6) is 0.312. The number of ketones is 1. The monoisotopic (exact) mass is 206 g/mol. The molecule has 0 aliphatic carbocycles. The molecule has 0 saturated carbocycles. The Morgan fingerprint density at radius 1 is 1.43 bits per heavy atom. The van der Waals surface area contributed by atoms with E-state index >= 15 is 0 Å². The molecular weight excluding hydrogens is 192 g/mol. The zero-order valence-electron chi connectivity index (χ0n) is 8.32. The van der Waals surface area contributed by atoms with Gasteiger partial charge in [-0.15, -0.1) is 11.8 Å². The third kappa shape index (κ3) is 2.01. The van der Waals surface area contributed by atoms with Gasteiger partial charge < -0.3 is 0 Å². The van der Waals surface area contributed by atoms with Crippen LogP contribution in [0.5, 0.6) is 0 Å². The van der Waals surface area contributed by atoms with E-state index < -0.39 is 0 Å². The maximum Gasteiger partial charge on any atom is 0.143 e. The lowest BCUT2D eigenvalue weighted by atomic mass is 10.1. The SMILES string of the molecule is CC(=O)C1CCCc2ccccc2S1. The molecule has 2 heteroatoms. The number of hydrogen-bond donors (Lipinski definition) is 0. The van der Waals surface area contributed by atoms with Crippen LogP contribution in [0.2, 0.25) is 0 Å². The molecule has 0 spiro atoms. The van der Waals surface area contributed by atoms with Gasteiger partial charge >= 0.3 is 0 Å². The molecule has 1 atom stereocenters. The van der Waals surface area contributed by atoms with Gasteiger partial charge in [-0.2, -0.15) is 0 Å². The summed E-state index contributed by atoms with van der Waals surface area (Å²) in [6.07, 6.45) is 3.27. The summed E-state index contributed by atoms with van der Waals surface area (Å²) in [7, 11) is 0. The highest BCUT2D eigenvalue weighted by Crippen LogP contribution is 2.34. The Bertz CT molecular complexity index is 346. The van der Waals surface area contributed by atoms with E-state index in [2.05, 4.69) is 18.2 Å². The van der Waals surface area contributed by atoms with Gasteiger partial charge in [-0.1, -0.05) is 18.2 Å². The Hall–Kier alpha value is -0.760. The molecule has 0 fully saturated rings. The predicted octanol–water partition coefficient (Wildman–Crippen LogP) is 3.07. The Morgan fingerprint density at radius 2 is 2.21 bits per heavy atom. The summed E-state index contributed by atoms with van der Waals surface area (Å²) < 4.78 is 0. The zero-order valence-corrected chi connectivity index (χ0v) is 9.14. The fourth-order valence-electron chi connectivity index (χ4n) is 1.80. The van der Waals surface area contributed by atoms with Gasteiger partial charge in [0.1, 0.15) is 5.78 Å². The Morgan fingerprint density at radius 3 is 3.00 bits per heavy atom. The summed E-state index contributed by atoms with van der Waals surface area (Å²) in [6.45, 7) is 1.70. The largest absolute Gasteiger partial charge is 0.299 e. The van der Waals surface area contributed by atoms with Crippen molar-refractivity contribution in [1.29, 1.82) is 0 Å². The van der Waals surface area contributed by atoms with Crippen molar-refractivity contribution in [2.75, 3.05) is 0 Å². The summed E-state index contributed by atoms with van der Waals surface area (Å²) >= 11 is 1.74. The minimum atomic E-state index is 0.179. The van der Waals surface area contributed by atoms with Crippen molar-refractivity contribution in [2.45, 2.75) is 36.3 Å². The van der Waals surface area contributed by atoms with Crippen molar-refractivity contribution in [3.8, 4) is 0 Å². The lowest BCUT2D eigenvalue weighted by Crippen LogP contribution is -2.11. The second-order valence-electron chi connectivity index (χ2n) is 3.72. The fourth-order valence-corrected chi connectivity index (χ4v) is 3.04. The molecule has 0 bridgehead atoms. The lowest BCUT2D eigenvalue weighted by Gasteiger charge is -2.09. The van der Waals surface area contributed by atoms with Crippen LogP contribution in [0.3, 0.4) is 0 Å². The highest BCUT2D eigenvalue weighted by molar-refractivity contribution is 8.00. The molecule has 0 radical (unpaired) electrons. The van der Waals surface area contributed by atoms with Crippen molar-refractivity contribution in [2.24, 2.45) is 0 Å². The van der Waals surface area contributed by atoms with Gasteiger partial charge in [0.15, 0.2) is 0 Å². The van der Waals surface area contributed by atoms with Gasteiger partial charge in [0, 0.05) is 4.90 Å². The third-order valence-electron chi connectivity index (χ3n) is 2.61. The summed E-state index contributed by atoms with van der Waals surface area (Å²) in [5.41, 5.74) is 1.40. The van der Waals surface area contributed by atoms with Gasteiger partial charge in [-0.05, 0) is 37.8 Å². The van der Waals surface area contributed by atoms with Crippen molar-refractivity contribution in [3.63, 3.8) is 0 Å². The van der Waals surface area contributed by atoms with E-state index in [-0.39, 0.29) is 5.25 Å². The lowest BCUT2D eigenvalue weighted by molar-refractivity contribution is -0.116. The number of benzene rings is 1. The van der Waals surface area contributed by atoms with Gasteiger partial charge in [-0.25, -0.2) is 0 Å². The topological polar surface area (TPSA) is 17.1 Å². The van der Waals surface area contributed by atoms with E-state index in [0.717, 1.165) is 19.3 Å². The van der Waals surface area contributed by atoms with E-state index in [1.807, 2.05) is 6.07 Å². The van der Waals surface area contributed by atoms with Gasteiger partial charge in [0.25, 0.3) is 0 Å². The minimum Gasteiger partial charge on any atom is -0.299 e. The van der Waals surface area contributed by atoms with Gasteiger partial charge in [0.05, 0.1) is 5.25 Å². The third-order valence-corrected chi connectivity index (χ3v) is 4.11. The van der Waals surface area contributed by atoms with E-state index in [1.165, 1.54) is 10.5 Å². The van der Waals surface area contributed by atoms with Crippen LogP contribution in [0.4, 0.5) is 0 Å². The Balaban J connectivity index is 2.26. The van der Waals surface area contributed by atoms with Crippen molar-refractivity contribution in [1.82, 2.24) is 0 Å². The Labute approximate surface area is 88.9 Å². The number of carbonyl (C=O) groups excluding carboxylic acids is 1. The smallest absolute Gasteiger partial charge is 0.143 e. The molecule has 0 amide bonds. The molecule has 1 aliphatic rings. The highest BCUT2D eigenvalue weighted by atomic mass is 32.2. The molecular formula is C12H14OS. The predicted molar refractivity (Wildman–Crippen MR) is 59.7 cm³/mol. The van der Waals surface area contributed by atoms with Crippen LogP contribution < -0.4 is 0 Å². The molecule has 0 N–H and O–H groups in total. The molecule has 1 unspecified atom stereocenters. The van der Waals surface area contributed by atoms with Crippen LogP contribution in [0.25, 0.3) is 0 Å². The zero-order chi connectivity index (χ0) is 9.97. The first-order chi connectivity index (χ1) is 6.77. The summed E-state index contributed by atoms with van der Waals surface area (Å²) in [6, 6.07) is 8.42. The second-order valence-corrected chi connectivity index (χ2v) is 4.96. The van der Waals surface area contributed by atoms with E-state index in [9.17, 15) is 4.79 Å². The normalized spacial score (nSPS) is 21.1. The van der Waals surface area contributed by atoms with Gasteiger partial charge in [0.2, 0.25) is 0 Å². The number of carbonyl (C=O) groups is 1. The van der Waals surface area contributed by atoms with Crippen LogP contribution in [-0.4, -0.2) is 11.0 Å². The van der Waals surface area contributed by atoms with Crippen molar-refractivity contribution >= 4 is 17.5 Å². The number of thioether (sulfide) groups is 1. The van der Waals surface area contributed by atoms with Crippen LogP contribution in [0, 0.1) is 0 Å². The van der Waals surface area contributed by atoms with Crippen molar-refractivity contribution in [3.05, 3.63) is 29.8 Å². The van der Waals surface area contributed by atoms with E-state index in [1.54, 1.807) is 18.7 Å². The molecule has 1 nitrogen and oxygen atoms in total. The number of aryl methyl sites for hydroxylation is 1. The molecule has 1 aromatic rings. The van der Waals surface area contributed by atoms with Crippen molar-refractivity contribution < 1.29 is 4.79 Å². The Kier molecular flexibility index (Phi) is 2.92. The number of rotatable bonds is 1. The number of hydrogen-bond acceptors (Lipinski definition) is 2. The van der Waals surface area contributed by atoms with Crippen LogP contribution in [0.15, 0.2) is 29.2 Å². The molecule has 0 aromatic heterocycles. The first-order valence-corrected chi connectivity index (χ1v) is 5.90. The first kappa shape index (κ1) is 9.78. The van der Waals surface area contributed by atoms with E-state index in [0.29, 0.717) is 5.78 Å². The van der Waals surface area contributed by atoms with Gasteiger partial charge in [-0.3, -0.25) is 4.79 Å². The quantitative estimate of drug-likeness (QED) is 0.702. The summed E-state index contributed by atoms with van der Waals surface area (Å²) in [4.78, 5) is 12.6. The van der Waals surface area contributed by atoms with Crippen LogP contribution in [0.1, 0.15) is 25.3 Å². The molecule has 1 aromatic carbocycles. The standard InChI is InChI=1S/C12H14OS/c1-9(13)11-8-4-6-10-5-2-3-7-12(10)14-11/h2-3,5,7,11H,4,6,8H2,1H3.